The molecule has 0 bridgehead atoms. The number of benzene rings is 1. The SMILES string of the molecule is CC1Cc2ccccc2N1Cc1ccoc1C(=O)N1CCC[C@H](C(=O)O)C1. The van der Waals surface area contributed by atoms with E-state index in [0.717, 1.165) is 12.0 Å². The number of likely N-dealkylation sites (tertiary alicyclic amines) is 1. The van der Waals surface area contributed by atoms with Crippen LogP contribution in [0.1, 0.15) is 41.4 Å². The maximum Gasteiger partial charge on any atom is 0.308 e. The van der Waals surface area contributed by atoms with E-state index in [-0.39, 0.29) is 12.5 Å². The van der Waals surface area contributed by atoms with Gasteiger partial charge in [-0.05, 0) is 43.9 Å². The zero-order valence-corrected chi connectivity index (χ0v) is 15.4. The molecule has 1 fully saturated rings. The Kier molecular flexibility index (Phi) is 4.64. The van der Waals surface area contributed by atoms with E-state index in [1.165, 1.54) is 11.3 Å². The number of hydrogen-bond acceptors (Lipinski definition) is 4. The molecule has 0 saturated carbocycles. The first kappa shape index (κ1) is 17.6. The second kappa shape index (κ2) is 7.10. The van der Waals surface area contributed by atoms with Gasteiger partial charge in [-0.15, -0.1) is 0 Å². The van der Waals surface area contributed by atoms with E-state index in [1.54, 1.807) is 11.2 Å². The first-order chi connectivity index (χ1) is 13.0. The quantitative estimate of drug-likeness (QED) is 0.897. The minimum Gasteiger partial charge on any atom is -0.481 e. The Hall–Kier alpha value is -2.76. The van der Waals surface area contributed by atoms with Crippen LogP contribution in [-0.4, -0.2) is 41.0 Å². The van der Waals surface area contributed by atoms with Crippen molar-refractivity contribution in [1.29, 1.82) is 0 Å². The first-order valence-electron chi connectivity index (χ1n) is 9.47. The molecule has 1 aromatic carbocycles. The van der Waals surface area contributed by atoms with Crippen LogP contribution in [0.2, 0.25) is 0 Å². The standard InChI is InChI=1S/C21H24N2O4/c1-14-11-15-5-2-3-7-18(15)23(14)13-16-8-10-27-19(16)20(24)22-9-4-6-17(12-22)21(25)26/h2-3,5,7-8,10,14,17H,4,6,9,11-13H2,1H3,(H,25,26)/t14?,17-/m0/s1. The van der Waals surface area contributed by atoms with Gasteiger partial charge in [-0.25, -0.2) is 0 Å². The van der Waals surface area contributed by atoms with Crippen LogP contribution in [0.5, 0.6) is 0 Å². The number of hydrogen-bond donors (Lipinski definition) is 1. The predicted octanol–water partition coefficient (Wildman–Crippen LogP) is 3.17. The van der Waals surface area contributed by atoms with Crippen molar-refractivity contribution in [2.45, 2.75) is 38.8 Å². The molecule has 27 heavy (non-hydrogen) atoms. The van der Waals surface area contributed by atoms with E-state index in [9.17, 15) is 14.7 Å². The summed E-state index contributed by atoms with van der Waals surface area (Å²) >= 11 is 0. The maximum atomic E-state index is 13.0. The molecule has 6 heteroatoms. The van der Waals surface area contributed by atoms with Gasteiger partial charge in [0.05, 0.1) is 12.2 Å². The van der Waals surface area contributed by atoms with Gasteiger partial charge in [0, 0.05) is 36.9 Å². The van der Waals surface area contributed by atoms with E-state index in [0.29, 0.717) is 37.7 Å². The topological polar surface area (TPSA) is 74.0 Å². The molecule has 1 amide bonds. The number of carboxylic acids is 1. The van der Waals surface area contributed by atoms with E-state index in [2.05, 4.69) is 30.0 Å². The Bertz CT molecular complexity index is 859. The van der Waals surface area contributed by atoms with Gasteiger partial charge in [0.25, 0.3) is 5.91 Å². The highest BCUT2D eigenvalue weighted by atomic mass is 16.4. The largest absolute Gasteiger partial charge is 0.481 e. The lowest BCUT2D eigenvalue weighted by Crippen LogP contribution is -2.42. The normalized spacial score (nSPS) is 22.0. The molecule has 1 N–H and O–H groups in total. The second-order valence-corrected chi connectivity index (χ2v) is 7.51. The summed E-state index contributed by atoms with van der Waals surface area (Å²) in [5.41, 5.74) is 3.37. The van der Waals surface area contributed by atoms with Crippen molar-refractivity contribution < 1.29 is 19.1 Å². The van der Waals surface area contributed by atoms with Crippen LogP contribution in [0.25, 0.3) is 0 Å². The lowest BCUT2D eigenvalue weighted by molar-refractivity contribution is -0.143. The monoisotopic (exact) mass is 368 g/mol. The Morgan fingerprint density at radius 2 is 2.07 bits per heavy atom. The van der Waals surface area contributed by atoms with Crippen molar-refractivity contribution >= 4 is 17.6 Å². The lowest BCUT2D eigenvalue weighted by atomic mass is 9.98. The van der Waals surface area contributed by atoms with Crippen molar-refractivity contribution in [1.82, 2.24) is 4.90 Å². The highest BCUT2D eigenvalue weighted by Gasteiger charge is 2.32. The molecule has 1 unspecified atom stereocenters. The molecular weight excluding hydrogens is 344 g/mol. The number of rotatable bonds is 4. The summed E-state index contributed by atoms with van der Waals surface area (Å²) in [5.74, 6) is -1.21. The van der Waals surface area contributed by atoms with Crippen molar-refractivity contribution in [3.63, 3.8) is 0 Å². The zero-order valence-electron chi connectivity index (χ0n) is 15.4. The molecule has 2 aliphatic rings. The smallest absolute Gasteiger partial charge is 0.308 e. The van der Waals surface area contributed by atoms with Crippen LogP contribution >= 0.6 is 0 Å². The Morgan fingerprint density at radius 1 is 1.26 bits per heavy atom. The summed E-state index contributed by atoms with van der Waals surface area (Å²) in [6.07, 6.45) is 3.86. The third-order valence-corrected chi connectivity index (χ3v) is 5.69. The Balaban J connectivity index is 1.53. The van der Waals surface area contributed by atoms with E-state index in [4.69, 9.17) is 4.42 Å². The van der Waals surface area contributed by atoms with Crippen LogP contribution in [0, 0.1) is 5.92 Å². The second-order valence-electron chi connectivity index (χ2n) is 7.51. The average Bonchev–Trinajstić information content (AvgIpc) is 3.26. The lowest BCUT2D eigenvalue weighted by Gasteiger charge is -2.30. The van der Waals surface area contributed by atoms with Crippen LogP contribution in [0.3, 0.4) is 0 Å². The first-order valence-corrected chi connectivity index (χ1v) is 9.47. The van der Waals surface area contributed by atoms with Gasteiger partial charge in [-0.2, -0.15) is 0 Å². The van der Waals surface area contributed by atoms with Gasteiger partial charge in [0.15, 0.2) is 5.76 Å². The van der Waals surface area contributed by atoms with Gasteiger partial charge in [0.1, 0.15) is 0 Å². The van der Waals surface area contributed by atoms with E-state index in [1.807, 2.05) is 12.1 Å². The van der Waals surface area contributed by atoms with Gasteiger partial charge >= 0.3 is 5.97 Å². The molecule has 142 valence electrons. The molecule has 2 aliphatic heterocycles. The van der Waals surface area contributed by atoms with Gasteiger partial charge in [0.2, 0.25) is 0 Å². The molecule has 0 aliphatic carbocycles. The summed E-state index contributed by atoms with van der Waals surface area (Å²) in [5, 5.41) is 9.27. The molecular formula is C21H24N2O4. The number of carboxylic acid groups (broad SMARTS) is 1. The molecule has 1 aromatic heterocycles. The van der Waals surface area contributed by atoms with Crippen molar-refractivity contribution in [3.8, 4) is 0 Å². The number of para-hydroxylation sites is 1. The van der Waals surface area contributed by atoms with Crippen LogP contribution in [0.15, 0.2) is 41.0 Å². The molecule has 0 spiro atoms. The maximum absolute atomic E-state index is 13.0. The third-order valence-electron chi connectivity index (χ3n) is 5.69. The highest BCUT2D eigenvalue weighted by Crippen LogP contribution is 2.34. The fourth-order valence-corrected chi connectivity index (χ4v) is 4.21. The van der Waals surface area contributed by atoms with E-state index < -0.39 is 11.9 Å². The van der Waals surface area contributed by atoms with Gasteiger partial charge in [-0.1, -0.05) is 18.2 Å². The predicted molar refractivity (Wildman–Crippen MR) is 101 cm³/mol. The number of aliphatic carboxylic acids is 1. The van der Waals surface area contributed by atoms with Crippen LogP contribution < -0.4 is 4.90 Å². The summed E-state index contributed by atoms with van der Waals surface area (Å²) < 4.78 is 5.54. The van der Waals surface area contributed by atoms with E-state index >= 15 is 0 Å². The number of furan rings is 1. The fraction of sp³-hybridized carbons (Fsp3) is 0.429. The molecule has 2 aromatic rings. The molecule has 0 radical (unpaired) electrons. The number of amides is 1. The minimum absolute atomic E-state index is 0.207. The summed E-state index contributed by atoms with van der Waals surface area (Å²) in [6.45, 7) is 3.61. The Morgan fingerprint density at radius 3 is 2.89 bits per heavy atom. The molecule has 4 rings (SSSR count). The van der Waals surface area contributed by atoms with Crippen molar-refractivity contribution in [2.75, 3.05) is 18.0 Å². The molecule has 3 heterocycles. The summed E-state index contributed by atoms with van der Waals surface area (Å²) in [7, 11) is 0. The van der Waals surface area contributed by atoms with Crippen molar-refractivity contribution in [3.05, 3.63) is 53.5 Å². The molecule has 6 nitrogen and oxygen atoms in total. The number of carbonyl (C=O) groups is 2. The number of fused-ring (bicyclic) bond motifs is 1. The molecule has 1 saturated heterocycles. The fourth-order valence-electron chi connectivity index (χ4n) is 4.21. The van der Waals surface area contributed by atoms with Gasteiger partial charge < -0.3 is 19.3 Å². The number of nitrogens with zero attached hydrogens (tertiary/aromatic N) is 2. The number of anilines is 1. The molecule has 2 atom stereocenters. The Labute approximate surface area is 158 Å². The van der Waals surface area contributed by atoms with Crippen LogP contribution in [0.4, 0.5) is 5.69 Å². The average molecular weight is 368 g/mol. The van der Waals surface area contributed by atoms with Gasteiger partial charge in [-0.3, -0.25) is 9.59 Å². The summed E-state index contributed by atoms with van der Waals surface area (Å²) in [6, 6.07) is 10.5. The highest BCUT2D eigenvalue weighted by molar-refractivity contribution is 5.93. The minimum atomic E-state index is -0.838. The third kappa shape index (κ3) is 3.31. The number of piperidine rings is 1. The number of carbonyl (C=O) groups excluding carboxylic acids is 1. The zero-order chi connectivity index (χ0) is 19.0. The van der Waals surface area contributed by atoms with Crippen molar-refractivity contribution in [2.24, 2.45) is 5.92 Å². The van der Waals surface area contributed by atoms with Crippen LogP contribution in [-0.2, 0) is 17.8 Å². The summed E-state index contributed by atoms with van der Waals surface area (Å²) in [4.78, 5) is 28.2.